The van der Waals surface area contributed by atoms with Crippen LogP contribution in [-0.2, 0) is 13.1 Å². The van der Waals surface area contributed by atoms with Crippen LogP contribution in [0.15, 0.2) is 83.9 Å². The number of nitrogens with one attached hydrogen (secondary N) is 2. The van der Waals surface area contributed by atoms with Gasteiger partial charge in [0, 0.05) is 39.8 Å². The molecule has 0 bridgehead atoms. The molecule has 2 N–H and O–H groups in total. The third kappa shape index (κ3) is 7.56. The molecular weight excluding hydrogens is 515 g/mol. The van der Waals surface area contributed by atoms with Gasteiger partial charge in [-0.1, -0.05) is 42.5 Å². The van der Waals surface area contributed by atoms with Gasteiger partial charge in [0.2, 0.25) is 0 Å². The van der Waals surface area contributed by atoms with Crippen LogP contribution in [0.4, 0.5) is 0 Å². The average molecular weight is 544 g/mol. The Morgan fingerprint density at radius 3 is 1.81 bits per heavy atom. The molecule has 0 heterocycles. The lowest BCUT2D eigenvalue weighted by Gasteiger charge is -2.13. The number of amides is 1. The van der Waals surface area contributed by atoms with E-state index in [1.807, 2.05) is 78.9 Å². The van der Waals surface area contributed by atoms with Crippen molar-refractivity contribution in [2.45, 2.75) is 13.1 Å². The molecule has 3 rings (SSSR count). The highest BCUT2D eigenvalue weighted by molar-refractivity contribution is 14.0. The van der Waals surface area contributed by atoms with Gasteiger partial charge in [0.15, 0.2) is 5.96 Å². The lowest BCUT2D eigenvalue weighted by atomic mass is 10.1. The first-order valence-electron chi connectivity index (χ1n) is 10.1. The van der Waals surface area contributed by atoms with Crippen molar-refractivity contribution in [2.75, 3.05) is 21.1 Å². The number of guanidine groups is 1. The highest BCUT2D eigenvalue weighted by atomic mass is 127. The predicted molar refractivity (Wildman–Crippen MR) is 140 cm³/mol. The van der Waals surface area contributed by atoms with Crippen LogP contribution in [0.1, 0.15) is 21.5 Å². The molecule has 0 unspecified atom stereocenters. The summed E-state index contributed by atoms with van der Waals surface area (Å²) in [6.45, 7) is 1.25. The molecule has 0 aliphatic carbocycles. The molecule has 0 aliphatic heterocycles. The van der Waals surface area contributed by atoms with Gasteiger partial charge in [-0.25, -0.2) is 0 Å². The Morgan fingerprint density at radius 2 is 1.31 bits per heavy atom. The van der Waals surface area contributed by atoms with Crippen LogP contribution in [0.5, 0.6) is 11.5 Å². The molecule has 3 aromatic rings. The number of nitrogens with zero attached hydrogens (tertiary/aromatic N) is 2. The summed E-state index contributed by atoms with van der Waals surface area (Å²) in [5.41, 5.74) is 2.87. The van der Waals surface area contributed by atoms with Crippen molar-refractivity contribution >= 4 is 35.8 Å². The topological polar surface area (TPSA) is 66.0 Å². The molecule has 7 heteroatoms. The first-order valence-corrected chi connectivity index (χ1v) is 10.1. The smallest absolute Gasteiger partial charge is 0.253 e. The number of carbonyl (C=O) groups is 1. The number of ether oxygens (including phenoxy) is 1. The van der Waals surface area contributed by atoms with Crippen LogP contribution >= 0.6 is 24.0 Å². The van der Waals surface area contributed by atoms with E-state index in [2.05, 4.69) is 15.6 Å². The Bertz CT molecular complexity index is 1000. The number of benzene rings is 3. The third-order valence-corrected chi connectivity index (χ3v) is 4.65. The second-order valence-electron chi connectivity index (χ2n) is 7.23. The molecule has 168 valence electrons. The van der Waals surface area contributed by atoms with Gasteiger partial charge in [-0.2, -0.15) is 0 Å². The van der Waals surface area contributed by atoms with Crippen LogP contribution in [0, 0.1) is 0 Å². The lowest BCUT2D eigenvalue weighted by molar-refractivity contribution is 0.0827. The maximum absolute atomic E-state index is 12.0. The van der Waals surface area contributed by atoms with Crippen molar-refractivity contribution in [1.82, 2.24) is 15.5 Å². The molecule has 0 aliphatic rings. The summed E-state index contributed by atoms with van der Waals surface area (Å²) in [5, 5.41) is 6.60. The van der Waals surface area contributed by atoms with E-state index in [4.69, 9.17) is 4.74 Å². The summed E-state index contributed by atoms with van der Waals surface area (Å²) >= 11 is 0. The van der Waals surface area contributed by atoms with Gasteiger partial charge in [0.05, 0.1) is 0 Å². The minimum absolute atomic E-state index is 0. The summed E-state index contributed by atoms with van der Waals surface area (Å²) in [4.78, 5) is 17.8. The molecule has 0 saturated heterocycles. The molecule has 0 atom stereocenters. The molecule has 3 aromatic carbocycles. The maximum Gasteiger partial charge on any atom is 0.253 e. The average Bonchev–Trinajstić information content (AvgIpc) is 2.80. The number of carbonyl (C=O) groups excluding carboxylic acids is 1. The molecule has 0 aromatic heterocycles. The van der Waals surface area contributed by atoms with Gasteiger partial charge in [-0.3, -0.25) is 9.79 Å². The lowest BCUT2D eigenvalue weighted by Crippen LogP contribution is -2.36. The fourth-order valence-corrected chi connectivity index (χ4v) is 2.92. The van der Waals surface area contributed by atoms with Crippen molar-refractivity contribution in [3.05, 3.63) is 95.6 Å². The minimum Gasteiger partial charge on any atom is -0.457 e. The van der Waals surface area contributed by atoms with Crippen LogP contribution in [0.25, 0.3) is 0 Å². The second-order valence-corrected chi connectivity index (χ2v) is 7.23. The van der Waals surface area contributed by atoms with Gasteiger partial charge in [0.1, 0.15) is 11.5 Å². The quantitative estimate of drug-likeness (QED) is 0.258. The maximum atomic E-state index is 12.0. The van der Waals surface area contributed by atoms with Gasteiger partial charge in [-0.15, -0.1) is 24.0 Å². The van der Waals surface area contributed by atoms with E-state index in [9.17, 15) is 4.79 Å². The van der Waals surface area contributed by atoms with E-state index in [0.29, 0.717) is 24.6 Å². The SMILES string of the molecule is CN=C(NCc1ccc(Oc2ccccc2)cc1)NCc1ccc(C(=O)N(C)C)cc1.I. The van der Waals surface area contributed by atoms with Gasteiger partial charge >= 0.3 is 0 Å². The first kappa shape index (κ1) is 25.2. The standard InChI is InChI=1S/C25H28N4O2.HI/c1-26-25(27-17-19-9-13-21(14-10-19)24(30)29(2)3)28-18-20-11-15-23(16-12-20)31-22-7-5-4-6-8-22;/h4-16H,17-18H2,1-3H3,(H2,26,27,28);1H. The van der Waals surface area contributed by atoms with E-state index in [1.54, 1.807) is 26.0 Å². The van der Waals surface area contributed by atoms with Crippen molar-refractivity contribution in [1.29, 1.82) is 0 Å². The number of rotatable bonds is 7. The third-order valence-electron chi connectivity index (χ3n) is 4.65. The monoisotopic (exact) mass is 544 g/mol. The number of aliphatic imine (C=N–C) groups is 1. The van der Waals surface area contributed by atoms with E-state index in [1.165, 1.54) is 0 Å². The molecule has 6 nitrogen and oxygen atoms in total. The predicted octanol–water partition coefficient (Wildman–Crippen LogP) is 4.66. The summed E-state index contributed by atoms with van der Waals surface area (Å²) in [7, 11) is 5.24. The second kappa shape index (κ2) is 12.7. The summed E-state index contributed by atoms with van der Waals surface area (Å²) in [5.74, 6) is 2.32. The first-order chi connectivity index (χ1) is 15.0. The number of hydrogen-bond acceptors (Lipinski definition) is 3. The Kier molecular flexibility index (Phi) is 10.0. The van der Waals surface area contributed by atoms with Gasteiger partial charge < -0.3 is 20.3 Å². The van der Waals surface area contributed by atoms with E-state index in [0.717, 1.165) is 22.6 Å². The highest BCUT2D eigenvalue weighted by Crippen LogP contribution is 2.21. The van der Waals surface area contributed by atoms with Crippen molar-refractivity contribution in [2.24, 2.45) is 4.99 Å². The molecule has 0 radical (unpaired) electrons. The Labute approximate surface area is 206 Å². The minimum atomic E-state index is -0.00262. The molecular formula is C25H29IN4O2. The molecule has 0 spiro atoms. The Morgan fingerprint density at radius 1 is 0.812 bits per heavy atom. The van der Waals surface area contributed by atoms with Crippen LogP contribution < -0.4 is 15.4 Å². The fraction of sp³-hybridized carbons (Fsp3) is 0.200. The van der Waals surface area contributed by atoms with E-state index in [-0.39, 0.29) is 29.9 Å². The zero-order valence-corrected chi connectivity index (χ0v) is 20.9. The largest absolute Gasteiger partial charge is 0.457 e. The van der Waals surface area contributed by atoms with E-state index < -0.39 is 0 Å². The Balaban J connectivity index is 0.00000363. The van der Waals surface area contributed by atoms with Crippen molar-refractivity contribution < 1.29 is 9.53 Å². The Hall–Kier alpha value is -3.07. The van der Waals surface area contributed by atoms with E-state index >= 15 is 0 Å². The van der Waals surface area contributed by atoms with Gasteiger partial charge in [0.25, 0.3) is 5.91 Å². The number of hydrogen-bond donors (Lipinski definition) is 2. The van der Waals surface area contributed by atoms with Crippen molar-refractivity contribution in [3.63, 3.8) is 0 Å². The van der Waals surface area contributed by atoms with Crippen LogP contribution in [0.3, 0.4) is 0 Å². The highest BCUT2D eigenvalue weighted by Gasteiger charge is 2.07. The van der Waals surface area contributed by atoms with Crippen LogP contribution in [-0.4, -0.2) is 37.9 Å². The number of halogens is 1. The van der Waals surface area contributed by atoms with Gasteiger partial charge in [-0.05, 0) is 47.5 Å². The normalized spacial score (nSPS) is 10.7. The summed E-state index contributed by atoms with van der Waals surface area (Å²) < 4.78 is 5.82. The molecule has 32 heavy (non-hydrogen) atoms. The summed E-state index contributed by atoms with van der Waals surface area (Å²) in [6.07, 6.45) is 0. The summed E-state index contributed by atoms with van der Waals surface area (Å²) in [6, 6.07) is 25.3. The number of para-hydroxylation sites is 1. The molecule has 1 amide bonds. The zero-order valence-electron chi connectivity index (χ0n) is 18.5. The zero-order chi connectivity index (χ0) is 22.1. The van der Waals surface area contributed by atoms with Crippen LogP contribution in [0.2, 0.25) is 0 Å². The molecule has 0 fully saturated rings. The molecule has 0 saturated carbocycles. The van der Waals surface area contributed by atoms with Crippen molar-refractivity contribution in [3.8, 4) is 11.5 Å². The fourth-order valence-electron chi connectivity index (χ4n) is 2.92.